The third kappa shape index (κ3) is 3.38. The van der Waals surface area contributed by atoms with Crippen LogP contribution in [0.2, 0.25) is 0 Å². The van der Waals surface area contributed by atoms with Crippen LogP contribution in [-0.2, 0) is 4.79 Å². The molecule has 0 aliphatic rings. The lowest BCUT2D eigenvalue weighted by Gasteiger charge is -2.05. The highest BCUT2D eigenvalue weighted by molar-refractivity contribution is 6.45. The van der Waals surface area contributed by atoms with E-state index in [2.05, 4.69) is 10.5 Å². The number of nitrogens with one attached hydrogen (secondary N) is 1. The van der Waals surface area contributed by atoms with E-state index in [1.54, 1.807) is 24.3 Å². The number of rotatable bonds is 5. The zero-order valence-electron chi connectivity index (χ0n) is 9.31. The molecule has 1 aromatic carbocycles. The fraction of sp³-hybridized carbons (Fsp3) is 0.333. The fourth-order valence-corrected chi connectivity index (χ4v) is 1.29. The van der Waals surface area contributed by atoms with Gasteiger partial charge < -0.3 is 10.5 Å². The summed E-state index contributed by atoms with van der Waals surface area (Å²) < 4.78 is 0. The van der Waals surface area contributed by atoms with Gasteiger partial charge in [0.15, 0.2) is 5.71 Å². The van der Waals surface area contributed by atoms with Crippen molar-refractivity contribution < 1.29 is 10.0 Å². The Hall–Kier alpha value is -1.84. The average Bonchev–Trinajstić information content (AvgIpc) is 2.32. The second-order valence-corrected chi connectivity index (χ2v) is 3.42. The van der Waals surface area contributed by atoms with E-state index in [1.165, 1.54) is 0 Å². The van der Waals surface area contributed by atoms with Gasteiger partial charge in [-0.15, -0.1) is 0 Å². The minimum absolute atomic E-state index is 0.0525. The molecule has 0 radical (unpaired) electrons. The van der Waals surface area contributed by atoms with Crippen LogP contribution < -0.4 is 5.32 Å². The molecule has 86 valence electrons. The van der Waals surface area contributed by atoms with Crippen molar-refractivity contribution in [1.82, 2.24) is 5.32 Å². The van der Waals surface area contributed by atoms with Crippen LogP contribution in [0.5, 0.6) is 0 Å². The van der Waals surface area contributed by atoms with Gasteiger partial charge in [0.1, 0.15) is 0 Å². The van der Waals surface area contributed by atoms with Gasteiger partial charge in [-0.25, -0.2) is 0 Å². The van der Waals surface area contributed by atoms with Gasteiger partial charge >= 0.3 is 0 Å². The van der Waals surface area contributed by atoms with Crippen molar-refractivity contribution >= 4 is 11.6 Å². The number of amides is 1. The van der Waals surface area contributed by atoms with Gasteiger partial charge in [-0.2, -0.15) is 0 Å². The number of benzene rings is 1. The first-order valence-corrected chi connectivity index (χ1v) is 5.35. The summed E-state index contributed by atoms with van der Waals surface area (Å²) >= 11 is 0. The summed E-state index contributed by atoms with van der Waals surface area (Å²) in [4.78, 5) is 11.6. The van der Waals surface area contributed by atoms with E-state index in [0.29, 0.717) is 12.1 Å². The molecule has 4 nitrogen and oxygen atoms in total. The maximum atomic E-state index is 11.6. The number of carbonyl (C=O) groups excluding carboxylic acids is 1. The summed E-state index contributed by atoms with van der Waals surface area (Å²) in [6.45, 7) is 2.64. The second kappa shape index (κ2) is 6.61. The van der Waals surface area contributed by atoms with Gasteiger partial charge in [0.05, 0.1) is 0 Å². The first kappa shape index (κ1) is 12.2. The zero-order chi connectivity index (χ0) is 11.8. The van der Waals surface area contributed by atoms with Crippen molar-refractivity contribution in [3.63, 3.8) is 0 Å². The Balaban J connectivity index is 2.66. The van der Waals surface area contributed by atoms with Crippen LogP contribution in [0.1, 0.15) is 25.3 Å². The lowest BCUT2D eigenvalue weighted by molar-refractivity contribution is -0.114. The van der Waals surface area contributed by atoms with Crippen LogP contribution in [0.4, 0.5) is 0 Å². The Morgan fingerprint density at radius 2 is 2.06 bits per heavy atom. The Labute approximate surface area is 95.0 Å². The molecule has 4 heteroatoms. The highest BCUT2D eigenvalue weighted by atomic mass is 16.4. The molecule has 0 aliphatic carbocycles. The highest BCUT2D eigenvalue weighted by Crippen LogP contribution is 2.01. The summed E-state index contributed by atoms with van der Waals surface area (Å²) in [6.07, 6.45) is 1.93. The smallest absolute Gasteiger partial charge is 0.273 e. The van der Waals surface area contributed by atoms with E-state index in [9.17, 15) is 4.79 Å². The number of carbonyl (C=O) groups is 1. The summed E-state index contributed by atoms with van der Waals surface area (Å²) in [7, 11) is 0. The van der Waals surface area contributed by atoms with Crippen LogP contribution in [0, 0.1) is 0 Å². The molecule has 0 unspecified atom stereocenters. The predicted molar refractivity (Wildman–Crippen MR) is 62.7 cm³/mol. The highest BCUT2D eigenvalue weighted by Gasteiger charge is 2.13. The SMILES string of the molecule is CCCCNC(=O)C(=NO)c1ccccc1. The van der Waals surface area contributed by atoms with Crippen LogP contribution in [-0.4, -0.2) is 23.4 Å². The fourth-order valence-electron chi connectivity index (χ4n) is 1.29. The summed E-state index contributed by atoms with van der Waals surface area (Å²) in [5, 5.41) is 14.6. The molecule has 0 heterocycles. The van der Waals surface area contributed by atoms with Crippen molar-refractivity contribution in [2.24, 2.45) is 5.16 Å². The van der Waals surface area contributed by atoms with Gasteiger partial charge in [-0.1, -0.05) is 48.8 Å². The molecule has 0 saturated carbocycles. The molecule has 0 atom stereocenters. The van der Waals surface area contributed by atoms with Crippen LogP contribution in [0.3, 0.4) is 0 Å². The molecule has 1 amide bonds. The van der Waals surface area contributed by atoms with Crippen molar-refractivity contribution in [2.45, 2.75) is 19.8 Å². The summed E-state index contributed by atoms with van der Waals surface area (Å²) in [6, 6.07) is 8.88. The zero-order valence-corrected chi connectivity index (χ0v) is 9.31. The third-order valence-electron chi connectivity index (χ3n) is 2.18. The van der Waals surface area contributed by atoms with Gasteiger partial charge in [0.2, 0.25) is 0 Å². The molecular formula is C12H16N2O2. The molecule has 0 saturated heterocycles. The van der Waals surface area contributed by atoms with Crippen LogP contribution in [0.25, 0.3) is 0 Å². The molecule has 0 fully saturated rings. The van der Waals surface area contributed by atoms with Gasteiger partial charge in [0.25, 0.3) is 5.91 Å². The Morgan fingerprint density at radius 3 is 2.62 bits per heavy atom. The normalized spacial score (nSPS) is 11.2. The van der Waals surface area contributed by atoms with Gasteiger partial charge in [-0.3, -0.25) is 4.79 Å². The standard InChI is InChI=1S/C12H16N2O2/c1-2-3-9-13-12(15)11(14-16)10-7-5-4-6-8-10/h4-8,16H,2-3,9H2,1H3,(H,13,15). The third-order valence-corrected chi connectivity index (χ3v) is 2.18. The lowest BCUT2D eigenvalue weighted by Crippen LogP contribution is -2.32. The number of unbranched alkanes of at least 4 members (excludes halogenated alkanes) is 1. The number of hydrogen-bond donors (Lipinski definition) is 2. The van der Waals surface area contributed by atoms with Crippen LogP contribution in [0.15, 0.2) is 35.5 Å². The van der Waals surface area contributed by atoms with E-state index >= 15 is 0 Å². The average molecular weight is 220 g/mol. The van der Waals surface area contributed by atoms with E-state index in [4.69, 9.17) is 5.21 Å². The van der Waals surface area contributed by atoms with Gasteiger partial charge in [-0.05, 0) is 6.42 Å². The molecule has 0 bridgehead atoms. The molecule has 2 N–H and O–H groups in total. The molecule has 0 spiro atoms. The minimum Gasteiger partial charge on any atom is -0.410 e. The van der Waals surface area contributed by atoms with E-state index in [0.717, 1.165) is 12.8 Å². The van der Waals surface area contributed by atoms with Crippen molar-refractivity contribution in [1.29, 1.82) is 0 Å². The summed E-state index contributed by atoms with van der Waals surface area (Å²) in [5.41, 5.74) is 0.663. The number of hydrogen-bond acceptors (Lipinski definition) is 3. The number of oxime groups is 1. The Morgan fingerprint density at radius 1 is 1.38 bits per heavy atom. The maximum absolute atomic E-state index is 11.6. The molecular weight excluding hydrogens is 204 g/mol. The molecule has 16 heavy (non-hydrogen) atoms. The first-order chi connectivity index (χ1) is 7.79. The van der Waals surface area contributed by atoms with Gasteiger partial charge in [0, 0.05) is 12.1 Å². The Bertz CT molecular complexity index is 361. The van der Waals surface area contributed by atoms with Crippen molar-refractivity contribution in [3.05, 3.63) is 35.9 Å². The van der Waals surface area contributed by atoms with Crippen LogP contribution >= 0.6 is 0 Å². The molecule has 1 aromatic rings. The first-order valence-electron chi connectivity index (χ1n) is 5.35. The van der Waals surface area contributed by atoms with E-state index < -0.39 is 0 Å². The topological polar surface area (TPSA) is 61.7 Å². The number of nitrogens with zero attached hydrogens (tertiary/aromatic N) is 1. The van der Waals surface area contributed by atoms with Crippen molar-refractivity contribution in [3.8, 4) is 0 Å². The molecule has 0 aliphatic heterocycles. The Kier molecular flexibility index (Phi) is 5.05. The second-order valence-electron chi connectivity index (χ2n) is 3.42. The quantitative estimate of drug-likeness (QED) is 0.344. The largest absolute Gasteiger partial charge is 0.410 e. The molecule has 0 aromatic heterocycles. The summed E-state index contributed by atoms with van der Waals surface area (Å²) in [5.74, 6) is -0.345. The minimum atomic E-state index is -0.345. The predicted octanol–water partition coefficient (Wildman–Crippen LogP) is 1.78. The van der Waals surface area contributed by atoms with Crippen molar-refractivity contribution in [2.75, 3.05) is 6.54 Å². The monoisotopic (exact) mass is 220 g/mol. The molecule has 1 rings (SSSR count). The lowest BCUT2D eigenvalue weighted by atomic mass is 10.1. The van der Waals surface area contributed by atoms with E-state index in [1.807, 2.05) is 13.0 Å². The maximum Gasteiger partial charge on any atom is 0.273 e. The van der Waals surface area contributed by atoms with E-state index in [-0.39, 0.29) is 11.6 Å².